The summed E-state index contributed by atoms with van der Waals surface area (Å²) in [6.45, 7) is 4.06. The van der Waals surface area contributed by atoms with Gasteiger partial charge in [-0.1, -0.05) is 18.2 Å². The molecular weight excluding hydrogens is 162 g/mol. The lowest BCUT2D eigenvalue weighted by molar-refractivity contribution is 0.205. The van der Waals surface area contributed by atoms with Crippen molar-refractivity contribution in [2.24, 2.45) is 5.73 Å². The number of ether oxygens (including phenoxy) is 1. The summed E-state index contributed by atoms with van der Waals surface area (Å²) in [4.78, 5) is 0. The van der Waals surface area contributed by atoms with Crippen LogP contribution in [0.15, 0.2) is 18.2 Å². The molecule has 2 nitrogen and oxygen atoms in total. The van der Waals surface area contributed by atoms with Crippen molar-refractivity contribution in [3.05, 3.63) is 29.3 Å². The Labute approximate surface area is 78.7 Å². The highest BCUT2D eigenvalue weighted by molar-refractivity contribution is 5.44. The fraction of sp³-hybridized carbons (Fsp3) is 0.455. The zero-order valence-corrected chi connectivity index (χ0v) is 8.08. The molecule has 2 atom stereocenters. The molecule has 0 saturated carbocycles. The lowest BCUT2D eigenvalue weighted by Crippen LogP contribution is -2.34. The normalized spacial score (nSPS) is 22.2. The van der Waals surface area contributed by atoms with E-state index in [-0.39, 0.29) is 12.1 Å². The quantitative estimate of drug-likeness (QED) is 0.707. The van der Waals surface area contributed by atoms with E-state index >= 15 is 0 Å². The van der Waals surface area contributed by atoms with Gasteiger partial charge in [0.25, 0.3) is 0 Å². The van der Waals surface area contributed by atoms with Gasteiger partial charge in [0.2, 0.25) is 0 Å². The van der Waals surface area contributed by atoms with E-state index in [1.807, 2.05) is 6.92 Å². The minimum absolute atomic E-state index is 0.104. The highest BCUT2D eigenvalue weighted by Gasteiger charge is 2.26. The van der Waals surface area contributed by atoms with E-state index in [2.05, 4.69) is 25.1 Å². The standard InChI is InChI=1S/C11H15NO/c1-7-4-3-5-9-6-10(8(2)12)13-11(7)9/h3-5,8,10H,6,12H2,1-2H3. The molecule has 2 unspecified atom stereocenters. The maximum Gasteiger partial charge on any atom is 0.126 e. The topological polar surface area (TPSA) is 35.2 Å². The van der Waals surface area contributed by atoms with Gasteiger partial charge >= 0.3 is 0 Å². The zero-order valence-electron chi connectivity index (χ0n) is 8.08. The molecule has 2 rings (SSSR count). The second-order valence-electron chi connectivity index (χ2n) is 3.78. The van der Waals surface area contributed by atoms with Crippen molar-refractivity contribution >= 4 is 0 Å². The van der Waals surface area contributed by atoms with Crippen molar-refractivity contribution in [2.75, 3.05) is 0 Å². The Kier molecular flexibility index (Phi) is 2.00. The number of aryl methyl sites for hydroxylation is 1. The van der Waals surface area contributed by atoms with E-state index in [0.717, 1.165) is 12.2 Å². The largest absolute Gasteiger partial charge is 0.488 e. The third kappa shape index (κ3) is 1.42. The smallest absolute Gasteiger partial charge is 0.126 e. The number of rotatable bonds is 1. The van der Waals surface area contributed by atoms with Crippen molar-refractivity contribution in [3.63, 3.8) is 0 Å². The van der Waals surface area contributed by atoms with Crippen LogP contribution in [-0.4, -0.2) is 12.1 Å². The van der Waals surface area contributed by atoms with Crippen molar-refractivity contribution in [1.29, 1.82) is 0 Å². The second kappa shape index (κ2) is 3.04. The van der Waals surface area contributed by atoms with Crippen LogP contribution in [0, 0.1) is 6.92 Å². The van der Waals surface area contributed by atoms with Crippen LogP contribution in [0.25, 0.3) is 0 Å². The fourth-order valence-electron chi connectivity index (χ4n) is 1.75. The van der Waals surface area contributed by atoms with E-state index in [1.54, 1.807) is 0 Å². The molecule has 70 valence electrons. The highest BCUT2D eigenvalue weighted by Crippen LogP contribution is 2.32. The molecule has 2 heteroatoms. The first-order valence-electron chi connectivity index (χ1n) is 4.69. The van der Waals surface area contributed by atoms with Crippen molar-refractivity contribution < 1.29 is 4.74 Å². The molecule has 0 aliphatic carbocycles. The SMILES string of the molecule is Cc1cccc2c1OC(C(C)N)C2. The molecule has 2 N–H and O–H groups in total. The minimum Gasteiger partial charge on any atom is -0.488 e. The number of nitrogens with two attached hydrogens (primary N) is 1. The van der Waals surface area contributed by atoms with Gasteiger partial charge in [0.05, 0.1) is 0 Å². The first-order valence-corrected chi connectivity index (χ1v) is 4.69. The summed E-state index contributed by atoms with van der Waals surface area (Å²) in [5.41, 5.74) is 8.30. The van der Waals surface area contributed by atoms with Gasteiger partial charge in [-0.15, -0.1) is 0 Å². The molecular formula is C11H15NO. The molecule has 1 heterocycles. The number of hydrogen-bond donors (Lipinski definition) is 1. The predicted molar refractivity (Wildman–Crippen MR) is 52.9 cm³/mol. The van der Waals surface area contributed by atoms with E-state index < -0.39 is 0 Å². The Balaban J connectivity index is 2.30. The maximum absolute atomic E-state index is 5.80. The van der Waals surface area contributed by atoms with Gasteiger partial charge in [0, 0.05) is 12.5 Å². The molecule has 1 aromatic rings. The van der Waals surface area contributed by atoms with Crippen molar-refractivity contribution in [1.82, 2.24) is 0 Å². The summed E-state index contributed by atoms with van der Waals surface area (Å²) < 4.78 is 5.77. The molecule has 1 aliphatic heterocycles. The van der Waals surface area contributed by atoms with Crippen LogP contribution in [0.2, 0.25) is 0 Å². The van der Waals surface area contributed by atoms with Crippen LogP contribution < -0.4 is 10.5 Å². The first kappa shape index (κ1) is 8.57. The molecule has 0 saturated heterocycles. The van der Waals surface area contributed by atoms with Gasteiger partial charge in [0.15, 0.2) is 0 Å². The zero-order chi connectivity index (χ0) is 9.42. The maximum atomic E-state index is 5.80. The van der Waals surface area contributed by atoms with E-state index in [9.17, 15) is 0 Å². The van der Waals surface area contributed by atoms with Crippen molar-refractivity contribution in [2.45, 2.75) is 32.4 Å². The summed E-state index contributed by atoms with van der Waals surface area (Å²) in [6, 6.07) is 6.36. The molecule has 0 radical (unpaired) electrons. The number of fused-ring (bicyclic) bond motifs is 1. The average molecular weight is 177 g/mol. The van der Waals surface area contributed by atoms with Crippen LogP contribution in [-0.2, 0) is 6.42 Å². The molecule has 1 aromatic carbocycles. The molecule has 13 heavy (non-hydrogen) atoms. The minimum atomic E-state index is 0.104. The summed E-state index contributed by atoms with van der Waals surface area (Å²) in [5.74, 6) is 1.05. The van der Waals surface area contributed by atoms with Crippen molar-refractivity contribution in [3.8, 4) is 5.75 Å². The summed E-state index contributed by atoms with van der Waals surface area (Å²) in [7, 11) is 0. The Morgan fingerprint density at radius 3 is 2.92 bits per heavy atom. The van der Waals surface area contributed by atoms with Crippen LogP contribution >= 0.6 is 0 Å². The van der Waals surface area contributed by atoms with Gasteiger partial charge in [0.1, 0.15) is 11.9 Å². The van der Waals surface area contributed by atoms with Crippen LogP contribution in [0.5, 0.6) is 5.75 Å². The fourth-order valence-corrected chi connectivity index (χ4v) is 1.75. The Hall–Kier alpha value is -1.02. The van der Waals surface area contributed by atoms with E-state index in [1.165, 1.54) is 11.1 Å². The lowest BCUT2D eigenvalue weighted by Gasteiger charge is -2.14. The van der Waals surface area contributed by atoms with Crippen LogP contribution in [0.4, 0.5) is 0 Å². The van der Waals surface area contributed by atoms with E-state index in [4.69, 9.17) is 10.5 Å². The monoisotopic (exact) mass is 177 g/mol. The molecule has 0 fully saturated rings. The number of hydrogen-bond acceptors (Lipinski definition) is 2. The molecule has 1 aliphatic rings. The van der Waals surface area contributed by atoms with Crippen LogP contribution in [0.3, 0.4) is 0 Å². The van der Waals surface area contributed by atoms with Crippen LogP contribution in [0.1, 0.15) is 18.1 Å². The Bertz CT molecular complexity index is 320. The third-order valence-corrected chi connectivity index (χ3v) is 2.57. The lowest BCUT2D eigenvalue weighted by atomic mass is 10.0. The van der Waals surface area contributed by atoms with Gasteiger partial charge < -0.3 is 10.5 Å². The molecule has 0 amide bonds. The summed E-state index contributed by atoms with van der Waals surface area (Å²) in [5, 5.41) is 0. The average Bonchev–Trinajstić information content (AvgIpc) is 2.49. The Morgan fingerprint density at radius 1 is 1.54 bits per heavy atom. The first-order chi connectivity index (χ1) is 6.18. The van der Waals surface area contributed by atoms with Gasteiger partial charge in [-0.3, -0.25) is 0 Å². The predicted octanol–water partition coefficient (Wildman–Crippen LogP) is 1.65. The second-order valence-corrected chi connectivity index (χ2v) is 3.78. The molecule has 0 spiro atoms. The number of benzene rings is 1. The van der Waals surface area contributed by atoms with Gasteiger partial charge in [-0.05, 0) is 25.0 Å². The summed E-state index contributed by atoms with van der Waals surface area (Å²) in [6.07, 6.45) is 1.12. The molecule has 0 bridgehead atoms. The third-order valence-electron chi connectivity index (χ3n) is 2.57. The number of para-hydroxylation sites is 1. The Morgan fingerprint density at radius 2 is 2.31 bits per heavy atom. The van der Waals surface area contributed by atoms with Gasteiger partial charge in [-0.2, -0.15) is 0 Å². The highest BCUT2D eigenvalue weighted by atomic mass is 16.5. The van der Waals surface area contributed by atoms with Gasteiger partial charge in [-0.25, -0.2) is 0 Å². The summed E-state index contributed by atoms with van der Waals surface area (Å²) >= 11 is 0. The molecule has 0 aromatic heterocycles. The van der Waals surface area contributed by atoms with E-state index in [0.29, 0.717) is 0 Å².